The molecule has 2 rings (SSSR count). The highest BCUT2D eigenvalue weighted by Crippen LogP contribution is 2.22. The molecule has 0 saturated carbocycles. The van der Waals surface area contributed by atoms with Crippen LogP contribution in [0.25, 0.3) is 0 Å². The summed E-state index contributed by atoms with van der Waals surface area (Å²) >= 11 is 0. The van der Waals surface area contributed by atoms with Gasteiger partial charge < -0.3 is 9.88 Å². The normalized spacial score (nSPS) is 10.9. The molecule has 96 valence electrons. The molecule has 1 aromatic heterocycles. The molecule has 18 heavy (non-hydrogen) atoms. The molecule has 2 aromatic rings. The van der Waals surface area contributed by atoms with Crippen molar-refractivity contribution in [3.63, 3.8) is 0 Å². The van der Waals surface area contributed by atoms with E-state index in [1.807, 2.05) is 6.20 Å². The topological polar surface area (TPSA) is 31.9 Å². The summed E-state index contributed by atoms with van der Waals surface area (Å²) in [5.74, 6) is 1.67. The molecule has 0 bridgehead atoms. The molecule has 1 N–H and O–H groups in total. The van der Waals surface area contributed by atoms with Crippen molar-refractivity contribution in [1.82, 2.24) is 9.97 Å². The first kappa shape index (κ1) is 12.7. The third-order valence-electron chi connectivity index (χ3n) is 2.95. The first-order valence-corrected chi connectivity index (χ1v) is 6.44. The molecule has 0 amide bonds. The number of anilines is 1. The van der Waals surface area contributed by atoms with E-state index in [0.29, 0.717) is 5.92 Å². The molecule has 3 heteroatoms. The molecule has 1 heterocycles. The van der Waals surface area contributed by atoms with Crippen molar-refractivity contribution in [2.45, 2.75) is 20.3 Å². The smallest absolute Gasteiger partial charge is 0.110 e. The number of para-hydroxylation sites is 1. The number of nitrogens with zero attached hydrogens (tertiary/aromatic N) is 2. The van der Waals surface area contributed by atoms with Gasteiger partial charge in [0, 0.05) is 38.1 Å². The first-order chi connectivity index (χ1) is 8.66. The maximum absolute atomic E-state index is 4.30. The summed E-state index contributed by atoms with van der Waals surface area (Å²) in [4.78, 5) is 9.78. The van der Waals surface area contributed by atoms with E-state index in [1.165, 1.54) is 11.3 Å². The van der Waals surface area contributed by atoms with Crippen LogP contribution in [0.3, 0.4) is 0 Å². The van der Waals surface area contributed by atoms with E-state index in [-0.39, 0.29) is 0 Å². The number of aromatic amines is 1. The van der Waals surface area contributed by atoms with Crippen LogP contribution >= 0.6 is 0 Å². The lowest BCUT2D eigenvalue weighted by atomic mass is 10.1. The van der Waals surface area contributed by atoms with E-state index in [2.05, 4.69) is 60.0 Å². The van der Waals surface area contributed by atoms with Gasteiger partial charge in [-0.1, -0.05) is 32.0 Å². The molecule has 1 aromatic carbocycles. The molecule has 0 aliphatic carbocycles. The zero-order chi connectivity index (χ0) is 13.0. The molecule has 0 radical (unpaired) electrons. The highest BCUT2D eigenvalue weighted by Gasteiger charge is 2.09. The van der Waals surface area contributed by atoms with Crippen LogP contribution in [0.4, 0.5) is 5.69 Å². The van der Waals surface area contributed by atoms with Gasteiger partial charge in [0.2, 0.25) is 0 Å². The summed E-state index contributed by atoms with van der Waals surface area (Å²) in [5.41, 5.74) is 2.61. The quantitative estimate of drug-likeness (QED) is 0.875. The van der Waals surface area contributed by atoms with Crippen LogP contribution in [-0.2, 0) is 6.42 Å². The molecular weight excluding hydrogens is 222 g/mol. The lowest BCUT2D eigenvalue weighted by molar-refractivity contribution is 0.637. The van der Waals surface area contributed by atoms with Gasteiger partial charge in [-0.25, -0.2) is 4.98 Å². The molecule has 0 aliphatic rings. The Bertz CT molecular complexity index is 474. The van der Waals surface area contributed by atoms with E-state index in [1.54, 1.807) is 6.20 Å². The number of hydrogen-bond donors (Lipinski definition) is 1. The second-order valence-corrected chi connectivity index (χ2v) is 5.12. The minimum Gasteiger partial charge on any atom is -0.374 e. The van der Waals surface area contributed by atoms with Crippen LogP contribution in [0.2, 0.25) is 0 Å². The fraction of sp³-hybridized carbons (Fsp3) is 0.400. The summed E-state index contributed by atoms with van der Waals surface area (Å²) in [6, 6.07) is 8.54. The van der Waals surface area contributed by atoms with Gasteiger partial charge in [0.05, 0.1) is 0 Å². The monoisotopic (exact) mass is 243 g/mol. The molecule has 0 unspecified atom stereocenters. The van der Waals surface area contributed by atoms with E-state index >= 15 is 0 Å². The van der Waals surface area contributed by atoms with Crippen LogP contribution in [0.1, 0.15) is 25.2 Å². The Hall–Kier alpha value is -1.77. The Balaban J connectivity index is 2.19. The summed E-state index contributed by atoms with van der Waals surface area (Å²) in [6.07, 6.45) is 4.52. The number of rotatable bonds is 5. The molecule has 0 spiro atoms. The van der Waals surface area contributed by atoms with Crippen molar-refractivity contribution >= 4 is 5.69 Å². The highest BCUT2D eigenvalue weighted by atomic mass is 15.1. The van der Waals surface area contributed by atoms with E-state index in [9.17, 15) is 0 Å². The Morgan fingerprint density at radius 2 is 2.06 bits per heavy atom. The molecule has 0 saturated heterocycles. The lowest BCUT2D eigenvalue weighted by Gasteiger charge is -2.24. The van der Waals surface area contributed by atoms with Crippen LogP contribution in [0, 0.1) is 5.92 Å². The first-order valence-electron chi connectivity index (χ1n) is 6.44. The van der Waals surface area contributed by atoms with E-state index < -0.39 is 0 Å². The van der Waals surface area contributed by atoms with Crippen molar-refractivity contribution in [3.05, 3.63) is 48.0 Å². The Morgan fingerprint density at radius 3 is 2.72 bits per heavy atom. The van der Waals surface area contributed by atoms with E-state index in [4.69, 9.17) is 0 Å². The van der Waals surface area contributed by atoms with Gasteiger partial charge in [-0.15, -0.1) is 0 Å². The molecular formula is C15H21N3. The van der Waals surface area contributed by atoms with Gasteiger partial charge in [0.1, 0.15) is 5.82 Å². The van der Waals surface area contributed by atoms with Crippen LogP contribution in [-0.4, -0.2) is 23.6 Å². The zero-order valence-corrected chi connectivity index (χ0v) is 11.4. The van der Waals surface area contributed by atoms with Gasteiger partial charge in [-0.2, -0.15) is 0 Å². The number of nitrogens with one attached hydrogen (secondary N) is 1. The predicted molar refractivity (Wildman–Crippen MR) is 75.9 cm³/mol. The molecule has 0 aliphatic heterocycles. The summed E-state index contributed by atoms with van der Waals surface area (Å²) in [7, 11) is 2.15. The van der Waals surface area contributed by atoms with Gasteiger partial charge >= 0.3 is 0 Å². The van der Waals surface area contributed by atoms with Crippen LogP contribution in [0.5, 0.6) is 0 Å². The van der Waals surface area contributed by atoms with Crippen LogP contribution < -0.4 is 4.90 Å². The summed E-state index contributed by atoms with van der Waals surface area (Å²) in [5, 5.41) is 0. The SMILES string of the molecule is CC(C)CN(C)c1ccccc1Cc1ncc[nH]1. The zero-order valence-electron chi connectivity index (χ0n) is 11.4. The number of hydrogen-bond acceptors (Lipinski definition) is 2. The second-order valence-electron chi connectivity index (χ2n) is 5.12. The summed E-state index contributed by atoms with van der Waals surface area (Å²) in [6.45, 7) is 5.55. The fourth-order valence-corrected chi connectivity index (χ4v) is 2.25. The molecule has 0 fully saturated rings. The highest BCUT2D eigenvalue weighted by molar-refractivity contribution is 5.54. The average molecular weight is 243 g/mol. The lowest BCUT2D eigenvalue weighted by Crippen LogP contribution is -2.23. The molecule has 0 atom stereocenters. The standard InChI is InChI=1S/C15H21N3/c1-12(2)11-18(3)14-7-5-4-6-13(14)10-15-16-8-9-17-15/h4-9,12H,10-11H2,1-3H3,(H,16,17). The maximum Gasteiger partial charge on any atom is 0.110 e. The Kier molecular flexibility index (Phi) is 4.03. The van der Waals surface area contributed by atoms with Crippen molar-refractivity contribution < 1.29 is 0 Å². The predicted octanol–water partition coefficient (Wildman–Crippen LogP) is 3.09. The number of imidazole rings is 1. The minimum absolute atomic E-state index is 0.659. The Labute approximate surface area is 109 Å². The van der Waals surface area contributed by atoms with Crippen molar-refractivity contribution in [3.8, 4) is 0 Å². The number of H-pyrrole nitrogens is 1. The van der Waals surface area contributed by atoms with Crippen molar-refractivity contribution in [1.29, 1.82) is 0 Å². The third-order valence-corrected chi connectivity index (χ3v) is 2.95. The van der Waals surface area contributed by atoms with Gasteiger partial charge in [-0.3, -0.25) is 0 Å². The molecule has 3 nitrogen and oxygen atoms in total. The number of aromatic nitrogens is 2. The maximum atomic E-state index is 4.30. The van der Waals surface area contributed by atoms with Gasteiger partial charge in [0.15, 0.2) is 0 Å². The second kappa shape index (κ2) is 5.71. The number of benzene rings is 1. The Morgan fingerprint density at radius 1 is 1.28 bits per heavy atom. The van der Waals surface area contributed by atoms with Gasteiger partial charge in [0.25, 0.3) is 0 Å². The fourth-order valence-electron chi connectivity index (χ4n) is 2.25. The van der Waals surface area contributed by atoms with Crippen LogP contribution in [0.15, 0.2) is 36.7 Å². The third kappa shape index (κ3) is 3.13. The van der Waals surface area contributed by atoms with Gasteiger partial charge in [-0.05, 0) is 17.5 Å². The largest absolute Gasteiger partial charge is 0.374 e. The minimum atomic E-state index is 0.659. The average Bonchev–Trinajstić information content (AvgIpc) is 2.81. The van der Waals surface area contributed by atoms with E-state index in [0.717, 1.165) is 18.8 Å². The van der Waals surface area contributed by atoms with Crippen molar-refractivity contribution in [2.75, 3.05) is 18.5 Å². The van der Waals surface area contributed by atoms with Crippen molar-refractivity contribution in [2.24, 2.45) is 5.92 Å². The summed E-state index contributed by atoms with van der Waals surface area (Å²) < 4.78 is 0.